The highest BCUT2D eigenvalue weighted by molar-refractivity contribution is 5.95. The molecule has 2 aliphatic heterocycles. The molecule has 0 aromatic heterocycles. The maximum atomic E-state index is 13.7. The Kier molecular flexibility index (Phi) is 5.71. The quantitative estimate of drug-likeness (QED) is 0.598. The van der Waals surface area contributed by atoms with Gasteiger partial charge in [-0.2, -0.15) is 5.06 Å². The summed E-state index contributed by atoms with van der Waals surface area (Å²) in [6.07, 6.45) is -1.11. The first-order chi connectivity index (χ1) is 15.7. The molecule has 5 rings (SSSR count). The molecule has 6 nitrogen and oxygen atoms in total. The molecule has 0 unspecified atom stereocenters. The smallest absolute Gasteiger partial charge is 0.416 e. The maximum Gasteiger partial charge on any atom is 0.416 e. The van der Waals surface area contributed by atoms with Crippen molar-refractivity contribution in [2.45, 2.75) is 18.7 Å². The van der Waals surface area contributed by atoms with E-state index in [0.717, 1.165) is 16.7 Å². The first-order valence-electron chi connectivity index (χ1n) is 10.8. The highest BCUT2D eigenvalue weighted by atomic mass is 16.7. The van der Waals surface area contributed by atoms with Gasteiger partial charge < -0.3 is 4.74 Å². The van der Waals surface area contributed by atoms with Gasteiger partial charge in [0.1, 0.15) is 12.7 Å². The number of hydrogen-bond acceptors (Lipinski definition) is 5. The van der Waals surface area contributed by atoms with Crippen LogP contribution in [0.25, 0.3) is 0 Å². The topological polar surface area (TPSA) is 59.1 Å². The number of hydroxylamine groups is 2. The zero-order valence-corrected chi connectivity index (χ0v) is 17.5. The van der Waals surface area contributed by atoms with E-state index in [1.165, 1.54) is 4.90 Å². The van der Waals surface area contributed by atoms with Crippen molar-refractivity contribution in [3.05, 3.63) is 108 Å². The number of carbonyl (C=O) groups excluding carboxylic acids is 2. The number of benzene rings is 3. The highest BCUT2D eigenvalue weighted by Gasteiger charge is 2.51. The minimum atomic E-state index is -0.603. The molecule has 0 spiro atoms. The Hall–Kier alpha value is -3.48. The van der Waals surface area contributed by atoms with Gasteiger partial charge in [0, 0.05) is 6.54 Å². The predicted octanol–water partition coefficient (Wildman–Crippen LogP) is 4.51. The van der Waals surface area contributed by atoms with E-state index in [1.807, 2.05) is 96.1 Å². The fourth-order valence-corrected chi connectivity index (χ4v) is 4.49. The standard InChI is InChI=1S/C26H24N2O4/c29-25(27-16-17-31-26(27)30)22-23(20-12-6-2-7-13-20)28(18-19-10-4-1-5-11-19)32-24(22)21-14-8-3-9-15-21/h1-15,22-24H,16-18H2/t22-,23-,24+/m0/s1. The zero-order chi connectivity index (χ0) is 21.9. The van der Waals surface area contributed by atoms with Crippen molar-refractivity contribution >= 4 is 12.0 Å². The Morgan fingerprint density at radius 2 is 1.44 bits per heavy atom. The summed E-state index contributed by atoms with van der Waals surface area (Å²) in [6, 6.07) is 29.2. The van der Waals surface area contributed by atoms with E-state index >= 15 is 0 Å². The van der Waals surface area contributed by atoms with Gasteiger partial charge in [-0.15, -0.1) is 0 Å². The predicted molar refractivity (Wildman–Crippen MR) is 118 cm³/mol. The summed E-state index contributed by atoms with van der Waals surface area (Å²) in [5.74, 6) is -0.875. The maximum absolute atomic E-state index is 13.7. The molecule has 3 aromatic carbocycles. The van der Waals surface area contributed by atoms with Crippen molar-refractivity contribution in [1.82, 2.24) is 9.96 Å². The van der Waals surface area contributed by atoms with Gasteiger partial charge in [-0.1, -0.05) is 91.0 Å². The highest BCUT2D eigenvalue weighted by Crippen LogP contribution is 2.48. The van der Waals surface area contributed by atoms with Crippen LogP contribution in [0.1, 0.15) is 28.8 Å². The molecule has 0 radical (unpaired) electrons. The minimum Gasteiger partial charge on any atom is -0.447 e. The van der Waals surface area contributed by atoms with E-state index in [2.05, 4.69) is 0 Å². The van der Waals surface area contributed by atoms with Gasteiger partial charge in [-0.25, -0.2) is 9.69 Å². The van der Waals surface area contributed by atoms with Crippen molar-refractivity contribution in [1.29, 1.82) is 0 Å². The number of ether oxygens (including phenoxy) is 1. The van der Waals surface area contributed by atoms with Crippen LogP contribution in [0.2, 0.25) is 0 Å². The van der Waals surface area contributed by atoms with Crippen LogP contribution >= 0.6 is 0 Å². The molecule has 32 heavy (non-hydrogen) atoms. The number of cyclic esters (lactones) is 1. The lowest BCUT2D eigenvalue weighted by Gasteiger charge is -2.27. The summed E-state index contributed by atoms with van der Waals surface area (Å²) in [7, 11) is 0. The first kappa shape index (κ1) is 20.4. The van der Waals surface area contributed by atoms with Gasteiger partial charge in [0.15, 0.2) is 0 Å². The van der Waals surface area contributed by atoms with Gasteiger partial charge in [0.05, 0.1) is 18.5 Å². The van der Waals surface area contributed by atoms with Crippen LogP contribution in [0.15, 0.2) is 91.0 Å². The second-order valence-corrected chi connectivity index (χ2v) is 7.98. The fourth-order valence-electron chi connectivity index (χ4n) is 4.49. The van der Waals surface area contributed by atoms with E-state index in [1.54, 1.807) is 0 Å². The first-order valence-corrected chi connectivity index (χ1v) is 10.8. The van der Waals surface area contributed by atoms with E-state index < -0.39 is 18.1 Å². The van der Waals surface area contributed by atoms with E-state index in [9.17, 15) is 9.59 Å². The molecule has 2 amide bonds. The average Bonchev–Trinajstić information content (AvgIpc) is 3.44. The number of hydrogen-bond donors (Lipinski definition) is 0. The number of nitrogens with zero attached hydrogens (tertiary/aromatic N) is 2. The Morgan fingerprint density at radius 1 is 0.844 bits per heavy atom. The van der Waals surface area contributed by atoms with Crippen LogP contribution in [0, 0.1) is 5.92 Å². The van der Waals surface area contributed by atoms with Gasteiger partial charge >= 0.3 is 6.09 Å². The van der Waals surface area contributed by atoms with E-state index in [0.29, 0.717) is 6.54 Å². The van der Waals surface area contributed by atoms with Crippen LogP contribution in [0.4, 0.5) is 4.79 Å². The largest absolute Gasteiger partial charge is 0.447 e. The van der Waals surface area contributed by atoms with Crippen molar-refractivity contribution < 1.29 is 19.2 Å². The third-order valence-corrected chi connectivity index (χ3v) is 5.99. The van der Waals surface area contributed by atoms with Crippen LogP contribution in [0.3, 0.4) is 0 Å². The van der Waals surface area contributed by atoms with Crippen molar-refractivity contribution in [3.63, 3.8) is 0 Å². The number of imide groups is 1. The molecule has 3 atom stereocenters. The lowest BCUT2D eigenvalue weighted by atomic mass is 9.85. The Balaban J connectivity index is 1.58. The van der Waals surface area contributed by atoms with Gasteiger partial charge in [-0.05, 0) is 16.7 Å². The summed E-state index contributed by atoms with van der Waals surface area (Å²) in [6.45, 7) is 0.992. The normalized spacial score (nSPS) is 23.3. The summed E-state index contributed by atoms with van der Waals surface area (Å²) in [4.78, 5) is 33.7. The Bertz CT molecular complexity index is 1070. The molecular weight excluding hydrogens is 404 g/mol. The molecule has 0 bridgehead atoms. The van der Waals surface area contributed by atoms with Crippen molar-refractivity contribution in [2.24, 2.45) is 5.92 Å². The summed E-state index contributed by atoms with van der Waals surface area (Å²) < 4.78 is 5.06. The summed E-state index contributed by atoms with van der Waals surface area (Å²) >= 11 is 0. The van der Waals surface area contributed by atoms with Crippen LogP contribution < -0.4 is 0 Å². The molecule has 0 aliphatic carbocycles. The Labute approximate surface area is 186 Å². The average molecular weight is 428 g/mol. The molecule has 0 saturated carbocycles. The molecule has 0 N–H and O–H groups in total. The van der Waals surface area contributed by atoms with Gasteiger partial charge in [-0.3, -0.25) is 9.63 Å². The second-order valence-electron chi connectivity index (χ2n) is 7.98. The molecule has 2 fully saturated rings. The van der Waals surface area contributed by atoms with Crippen LogP contribution in [0.5, 0.6) is 0 Å². The molecule has 6 heteroatoms. The third kappa shape index (κ3) is 3.90. The number of rotatable bonds is 5. The van der Waals surface area contributed by atoms with Crippen LogP contribution in [-0.2, 0) is 20.9 Å². The molecule has 2 heterocycles. The molecule has 2 saturated heterocycles. The Morgan fingerprint density at radius 3 is 2.03 bits per heavy atom. The van der Waals surface area contributed by atoms with Crippen molar-refractivity contribution in [3.8, 4) is 0 Å². The summed E-state index contributed by atoms with van der Waals surface area (Å²) in [5.41, 5.74) is 2.94. The number of carbonyl (C=O) groups is 2. The monoisotopic (exact) mass is 428 g/mol. The molecule has 162 valence electrons. The second kappa shape index (κ2) is 8.94. The van der Waals surface area contributed by atoms with Gasteiger partial charge in [0.2, 0.25) is 5.91 Å². The molecule has 3 aromatic rings. The number of amides is 2. The van der Waals surface area contributed by atoms with Crippen LogP contribution in [-0.4, -0.2) is 35.1 Å². The van der Waals surface area contributed by atoms with Gasteiger partial charge in [0.25, 0.3) is 0 Å². The zero-order valence-electron chi connectivity index (χ0n) is 17.5. The third-order valence-electron chi connectivity index (χ3n) is 5.99. The molecule has 2 aliphatic rings. The minimum absolute atomic E-state index is 0.220. The van der Waals surface area contributed by atoms with Crippen molar-refractivity contribution in [2.75, 3.05) is 13.2 Å². The summed E-state index contributed by atoms with van der Waals surface area (Å²) in [5, 5.41) is 1.88. The lowest BCUT2D eigenvalue weighted by Crippen LogP contribution is -2.40. The van der Waals surface area contributed by atoms with E-state index in [4.69, 9.17) is 9.57 Å². The fraction of sp³-hybridized carbons (Fsp3) is 0.231. The molecular formula is C26H24N2O4. The van der Waals surface area contributed by atoms with E-state index in [-0.39, 0.29) is 25.1 Å². The SMILES string of the molecule is O=C1OCCN1C(=O)[C@@H]1[C@@H](c2ccccc2)ON(Cc2ccccc2)[C@H]1c1ccccc1. The lowest BCUT2D eigenvalue weighted by molar-refractivity contribution is -0.173.